The Labute approximate surface area is 121 Å². The minimum Gasteiger partial charge on any atom is -0.397 e. The first-order chi connectivity index (χ1) is 8.89. The van der Waals surface area contributed by atoms with Crippen molar-refractivity contribution >= 4 is 27.3 Å². The summed E-state index contributed by atoms with van der Waals surface area (Å²) >= 11 is 3.13. The summed E-state index contributed by atoms with van der Waals surface area (Å²) in [7, 11) is 0. The van der Waals surface area contributed by atoms with Gasteiger partial charge in [0.05, 0.1) is 21.4 Å². The molecule has 1 saturated carbocycles. The van der Waals surface area contributed by atoms with Gasteiger partial charge in [-0.15, -0.1) is 0 Å². The number of benzene rings is 1. The van der Waals surface area contributed by atoms with Crippen LogP contribution in [0.2, 0.25) is 0 Å². The first-order valence-corrected chi connectivity index (χ1v) is 7.40. The third-order valence-electron chi connectivity index (χ3n) is 3.91. The van der Waals surface area contributed by atoms with Gasteiger partial charge in [0.15, 0.2) is 0 Å². The van der Waals surface area contributed by atoms with Crippen molar-refractivity contribution in [3.63, 3.8) is 0 Å². The maximum absolute atomic E-state index is 13.3. The first-order valence-electron chi connectivity index (χ1n) is 6.60. The summed E-state index contributed by atoms with van der Waals surface area (Å²) in [5, 5.41) is 13.6. The van der Waals surface area contributed by atoms with Gasteiger partial charge in [-0.1, -0.05) is 6.92 Å². The van der Waals surface area contributed by atoms with Crippen LogP contribution < -0.4 is 11.1 Å². The third-order valence-corrected chi connectivity index (χ3v) is 4.51. The van der Waals surface area contributed by atoms with Gasteiger partial charge >= 0.3 is 0 Å². The van der Waals surface area contributed by atoms with Crippen LogP contribution in [0.15, 0.2) is 16.6 Å². The number of hydrogen-bond donors (Lipinski definition) is 3. The Bertz CT molecular complexity index is 459. The highest BCUT2D eigenvalue weighted by molar-refractivity contribution is 9.10. The molecule has 5 heteroatoms. The fourth-order valence-electron chi connectivity index (χ4n) is 2.45. The first kappa shape index (κ1) is 14.6. The van der Waals surface area contributed by atoms with Crippen LogP contribution >= 0.6 is 15.9 Å². The van der Waals surface area contributed by atoms with Crippen molar-refractivity contribution in [3.8, 4) is 0 Å². The van der Waals surface area contributed by atoms with E-state index in [9.17, 15) is 9.50 Å². The molecule has 0 unspecified atom stereocenters. The van der Waals surface area contributed by atoms with Crippen LogP contribution in [0.4, 0.5) is 15.8 Å². The molecule has 0 aliphatic heterocycles. The summed E-state index contributed by atoms with van der Waals surface area (Å²) in [5.41, 5.74) is 6.09. The van der Waals surface area contributed by atoms with Gasteiger partial charge in [-0.25, -0.2) is 4.39 Å². The maximum atomic E-state index is 13.3. The van der Waals surface area contributed by atoms with Crippen molar-refractivity contribution in [2.24, 2.45) is 5.92 Å². The molecule has 0 atom stereocenters. The molecule has 1 aliphatic carbocycles. The summed E-state index contributed by atoms with van der Waals surface area (Å²) in [6.07, 6.45) is 3.68. The zero-order valence-corrected chi connectivity index (χ0v) is 12.6. The Morgan fingerprint density at radius 1 is 1.47 bits per heavy atom. The molecule has 1 fully saturated rings. The van der Waals surface area contributed by atoms with Crippen molar-refractivity contribution in [1.29, 1.82) is 0 Å². The fourth-order valence-corrected chi connectivity index (χ4v) is 2.79. The highest BCUT2D eigenvalue weighted by Gasteiger charge is 2.31. The summed E-state index contributed by atoms with van der Waals surface area (Å²) in [6.45, 7) is 2.66. The van der Waals surface area contributed by atoms with Crippen LogP contribution in [0.5, 0.6) is 0 Å². The van der Waals surface area contributed by atoms with Gasteiger partial charge in [-0.3, -0.25) is 0 Å². The Morgan fingerprint density at radius 3 is 2.74 bits per heavy atom. The molecule has 0 bridgehead atoms. The van der Waals surface area contributed by atoms with E-state index in [0.717, 1.165) is 25.7 Å². The SMILES string of the molecule is CC1CCC(O)(CNc2cc(Br)c(F)cc2N)CC1. The molecule has 3 nitrogen and oxygen atoms in total. The minimum absolute atomic E-state index is 0.355. The standard InChI is InChI=1S/C14H20BrFN2O/c1-9-2-4-14(19,5-3-9)8-18-13-6-10(15)11(16)7-12(13)17/h6-7,9,18-19H,2-5,8,17H2,1H3. The van der Waals surface area contributed by atoms with Crippen molar-refractivity contribution in [2.75, 3.05) is 17.6 Å². The van der Waals surface area contributed by atoms with Crippen LogP contribution in [-0.4, -0.2) is 17.3 Å². The Kier molecular flexibility index (Phi) is 4.36. The number of anilines is 2. The predicted molar refractivity (Wildman–Crippen MR) is 79.6 cm³/mol. The molecule has 2 rings (SSSR count). The number of hydrogen-bond acceptors (Lipinski definition) is 3. The van der Waals surface area contributed by atoms with Crippen LogP contribution in [0, 0.1) is 11.7 Å². The topological polar surface area (TPSA) is 58.3 Å². The van der Waals surface area contributed by atoms with Crippen LogP contribution in [0.1, 0.15) is 32.6 Å². The smallest absolute Gasteiger partial charge is 0.139 e. The van der Waals surface area contributed by atoms with Crippen molar-refractivity contribution in [3.05, 3.63) is 22.4 Å². The largest absolute Gasteiger partial charge is 0.397 e. The summed E-state index contributed by atoms with van der Waals surface area (Å²) in [6, 6.07) is 2.89. The Hall–Kier alpha value is -0.810. The molecule has 1 aromatic rings. The third kappa shape index (κ3) is 3.60. The van der Waals surface area contributed by atoms with E-state index < -0.39 is 5.60 Å². The van der Waals surface area contributed by atoms with Crippen LogP contribution in [-0.2, 0) is 0 Å². The summed E-state index contributed by atoms with van der Waals surface area (Å²) in [5.74, 6) is 0.304. The van der Waals surface area contributed by atoms with E-state index in [1.807, 2.05) is 0 Å². The van der Waals surface area contributed by atoms with Gasteiger partial charge in [0, 0.05) is 12.6 Å². The van der Waals surface area contributed by atoms with E-state index in [1.165, 1.54) is 6.07 Å². The van der Waals surface area contributed by atoms with Gasteiger partial charge in [-0.05, 0) is 53.6 Å². The summed E-state index contributed by atoms with van der Waals surface area (Å²) < 4.78 is 13.6. The zero-order valence-electron chi connectivity index (χ0n) is 11.0. The molecular weight excluding hydrogens is 311 g/mol. The van der Waals surface area contributed by atoms with Gasteiger partial charge < -0.3 is 16.2 Å². The molecule has 0 radical (unpaired) electrons. The Balaban J connectivity index is 2.01. The average Bonchev–Trinajstić information content (AvgIpc) is 2.36. The normalized spacial score (nSPS) is 27.3. The monoisotopic (exact) mass is 330 g/mol. The quantitative estimate of drug-likeness (QED) is 0.743. The highest BCUT2D eigenvalue weighted by atomic mass is 79.9. The van der Waals surface area contributed by atoms with Gasteiger partial charge in [0.25, 0.3) is 0 Å². The van der Waals surface area contributed by atoms with Crippen LogP contribution in [0.25, 0.3) is 0 Å². The second kappa shape index (κ2) is 5.67. The maximum Gasteiger partial charge on any atom is 0.139 e. The second-order valence-electron chi connectivity index (χ2n) is 5.61. The van der Waals surface area contributed by atoms with Crippen molar-refractivity contribution in [1.82, 2.24) is 0 Å². The molecule has 0 saturated heterocycles. The van der Waals surface area contributed by atoms with Gasteiger partial charge in [-0.2, -0.15) is 0 Å². The van der Waals surface area contributed by atoms with E-state index >= 15 is 0 Å². The fraction of sp³-hybridized carbons (Fsp3) is 0.571. The van der Waals surface area contributed by atoms with Crippen molar-refractivity contribution < 1.29 is 9.50 Å². The lowest BCUT2D eigenvalue weighted by molar-refractivity contribution is 0.00502. The molecule has 0 aromatic heterocycles. The minimum atomic E-state index is -0.681. The number of rotatable bonds is 3. The Morgan fingerprint density at radius 2 is 2.11 bits per heavy atom. The number of nitrogens with one attached hydrogen (secondary N) is 1. The second-order valence-corrected chi connectivity index (χ2v) is 6.47. The number of aliphatic hydroxyl groups is 1. The van der Waals surface area contributed by atoms with E-state index in [0.29, 0.717) is 28.3 Å². The number of nitrogens with two attached hydrogens (primary N) is 1. The lowest BCUT2D eigenvalue weighted by Gasteiger charge is -2.35. The molecule has 1 aromatic carbocycles. The van der Waals surface area contributed by atoms with Crippen molar-refractivity contribution in [2.45, 2.75) is 38.2 Å². The molecular formula is C14H20BrFN2O. The summed E-state index contributed by atoms with van der Waals surface area (Å²) in [4.78, 5) is 0. The molecule has 106 valence electrons. The molecule has 1 aliphatic rings. The number of halogens is 2. The number of nitrogen functional groups attached to an aromatic ring is 1. The van der Waals surface area contributed by atoms with Gasteiger partial charge in [0.1, 0.15) is 5.82 Å². The van der Waals surface area contributed by atoms with E-state index in [-0.39, 0.29) is 5.82 Å². The highest BCUT2D eigenvalue weighted by Crippen LogP contribution is 2.33. The molecule has 0 spiro atoms. The lowest BCUT2D eigenvalue weighted by Crippen LogP contribution is -2.40. The van der Waals surface area contributed by atoms with E-state index in [1.54, 1.807) is 6.07 Å². The van der Waals surface area contributed by atoms with Crippen LogP contribution in [0.3, 0.4) is 0 Å². The average molecular weight is 331 g/mol. The lowest BCUT2D eigenvalue weighted by atomic mass is 9.79. The molecule has 4 N–H and O–H groups in total. The van der Waals surface area contributed by atoms with Gasteiger partial charge in [0.2, 0.25) is 0 Å². The molecule has 0 heterocycles. The predicted octanol–water partition coefficient (Wildman–Crippen LogP) is 3.52. The van der Waals surface area contributed by atoms with E-state index in [4.69, 9.17) is 5.73 Å². The zero-order chi connectivity index (χ0) is 14.0. The van der Waals surface area contributed by atoms with E-state index in [2.05, 4.69) is 28.2 Å². The molecule has 0 amide bonds. The molecule has 19 heavy (non-hydrogen) atoms.